The van der Waals surface area contributed by atoms with Gasteiger partial charge < -0.3 is 15.4 Å². The summed E-state index contributed by atoms with van der Waals surface area (Å²) in [5, 5.41) is 11.0. The van der Waals surface area contributed by atoms with Gasteiger partial charge in [-0.05, 0) is 38.8 Å². The average Bonchev–Trinajstić information content (AvgIpc) is 3.08. The van der Waals surface area contributed by atoms with Crippen LogP contribution in [0.3, 0.4) is 0 Å². The van der Waals surface area contributed by atoms with Gasteiger partial charge in [0, 0.05) is 44.6 Å². The van der Waals surface area contributed by atoms with E-state index in [0.717, 1.165) is 30.4 Å². The van der Waals surface area contributed by atoms with Crippen molar-refractivity contribution in [1.29, 1.82) is 0 Å². The van der Waals surface area contributed by atoms with Crippen LogP contribution >= 0.6 is 24.0 Å². The van der Waals surface area contributed by atoms with Gasteiger partial charge >= 0.3 is 0 Å². The minimum absolute atomic E-state index is 0. The predicted octanol–water partition coefficient (Wildman–Crippen LogP) is 3.68. The van der Waals surface area contributed by atoms with Gasteiger partial charge in [0.2, 0.25) is 0 Å². The van der Waals surface area contributed by atoms with E-state index in [1.165, 1.54) is 0 Å². The normalized spacial score (nSPS) is 12.9. The highest BCUT2D eigenvalue weighted by Gasteiger charge is 2.14. The van der Waals surface area contributed by atoms with Crippen molar-refractivity contribution in [3.05, 3.63) is 48.3 Å². The lowest BCUT2D eigenvalue weighted by Crippen LogP contribution is -2.39. The van der Waals surface area contributed by atoms with Crippen molar-refractivity contribution >= 4 is 29.9 Å². The Hall–Kier alpha value is -1.77. The van der Waals surface area contributed by atoms with E-state index >= 15 is 0 Å². The van der Waals surface area contributed by atoms with Gasteiger partial charge in [-0.15, -0.1) is 24.0 Å². The number of ether oxygens (including phenoxy) is 1. The molecule has 1 aromatic heterocycles. The summed E-state index contributed by atoms with van der Waals surface area (Å²) in [5.41, 5.74) is 0.882. The van der Waals surface area contributed by atoms with E-state index in [4.69, 9.17) is 4.74 Å². The monoisotopic (exact) mass is 485 g/mol. The van der Waals surface area contributed by atoms with Gasteiger partial charge in [0.25, 0.3) is 0 Å². The van der Waals surface area contributed by atoms with Crippen molar-refractivity contribution in [2.75, 3.05) is 13.6 Å². The van der Waals surface area contributed by atoms with Gasteiger partial charge in [-0.1, -0.05) is 25.1 Å². The molecule has 0 fully saturated rings. The number of guanidine groups is 1. The van der Waals surface area contributed by atoms with Crippen molar-refractivity contribution in [3.8, 4) is 5.75 Å². The number of nitrogens with zero attached hydrogens (tertiary/aromatic N) is 3. The summed E-state index contributed by atoms with van der Waals surface area (Å²) in [6.45, 7) is 10.7. The molecule has 7 heteroatoms. The lowest BCUT2D eigenvalue weighted by Gasteiger charge is -2.23. The maximum absolute atomic E-state index is 6.05. The number of benzene rings is 1. The molecule has 1 heterocycles. The third-order valence-corrected chi connectivity index (χ3v) is 3.73. The van der Waals surface area contributed by atoms with Crippen LogP contribution in [-0.4, -0.2) is 34.9 Å². The Bertz CT molecular complexity index is 695. The van der Waals surface area contributed by atoms with Crippen molar-refractivity contribution in [3.63, 3.8) is 0 Å². The molecule has 150 valence electrons. The Morgan fingerprint density at radius 3 is 2.59 bits per heavy atom. The Morgan fingerprint density at radius 2 is 1.96 bits per heavy atom. The SMILES string of the molecule is CN=C(NCc1ccccc1OC(C)(C)C)NCC(C)Cn1cccn1.I. The molecule has 6 nitrogen and oxygen atoms in total. The number of halogens is 1. The second-order valence-electron chi connectivity index (χ2n) is 7.46. The highest BCUT2D eigenvalue weighted by molar-refractivity contribution is 14.0. The second kappa shape index (κ2) is 11.2. The fourth-order valence-electron chi connectivity index (χ4n) is 2.54. The zero-order valence-electron chi connectivity index (χ0n) is 16.9. The first-order chi connectivity index (χ1) is 12.4. The molecule has 0 amide bonds. The third kappa shape index (κ3) is 8.64. The van der Waals surface area contributed by atoms with Crippen molar-refractivity contribution in [2.45, 2.75) is 46.4 Å². The Labute approximate surface area is 179 Å². The third-order valence-electron chi connectivity index (χ3n) is 3.73. The van der Waals surface area contributed by atoms with Crippen LogP contribution in [0.5, 0.6) is 5.75 Å². The lowest BCUT2D eigenvalue weighted by molar-refractivity contribution is 0.129. The number of hydrogen-bond acceptors (Lipinski definition) is 3. The fourth-order valence-corrected chi connectivity index (χ4v) is 2.54. The van der Waals surface area contributed by atoms with E-state index in [1.54, 1.807) is 13.2 Å². The molecule has 2 rings (SSSR count). The first-order valence-electron chi connectivity index (χ1n) is 9.06. The smallest absolute Gasteiger partial charge is 0.191 e. The maximum atomic E-state index is 6.05. The molecule has 0 spiro atoms. The van der Waals surface area contributed by atoms with Crippen LogP contribution in [0.2, 0.25) is 0 Å². The van der Waals surface area contributed by atoms with Gasteiger partial charge in [-0.2, -0.15) is 5.10 Å². The minimum atomic E-state index is -0.224. The summed E-state index contributed by atoms with van der Waals surface area (Å²) < 4.78 is 7.99. The van der Waals surface area contributed by atoms with E-state index in [0.29, 0.717) is 12.5 Å². The average molecular weight is 485 g/mol. The van der Waals surface area contributed by atoms with Crippen molar-refractivity contribution in [2.24, 2.45) is 10.9 Å². The first kappa shape index (κ1) is 23.3. The number of rotatable bonds is 7. The predicted molar refractivity (Wildman–Crippen MR) is 122 cm³/mol. The molecule has 27 heavy (non-hydrogen) atoms. The molecule has 1 aromatic carbocycles. The van der Waals surface area contributed by atoms with Crippen LogP contribution in [0.15, 0.2) is 47.7 Å². The van der Waals surface area contributed by atoms with Crippen LogP contribution in [0, 0.1) is 5.92 Å². The molecule has 0 aliphatic carbocycles. The second-order valence-corrected chi connectivity index (χ2v) is 7.46. The van der Waals surface area contributed by atoms with Gasteiger partial charge in [0.1, 0.15) is 11.4 Å². The molecule has 0 aliphatic rings. The molecule has 0 aliphatic heterocycles. The number of hydrogen-bond donors (Lipinski definition) is 2. The van der Waals surface area contributed by atoms with E-state index in [2.05, 4.69) is 54.5 Å². The molecule has 0 radical (unpaired) electrons. The zero-order valence-corrected chi connectivity index (χ0v) is 19.2. The summed E-state index contributed by atoms with van der Waals surface area (Å²) in [6.07, 6.45) is 3.79. The van der Waals surface area contributed by atoms with Crippen molar-refractivity contribution < 1.29 is 4.74 Å². The van der Waals surface area contributed by atoms with Crippen LogP contribution in [0.25, 0.3) is 0 Å². The standard InChI is InChI=1S/C20H31N5O.HI/c1-16(15-25-12-8-11-24-25)13-22-19(21-5)23-14-17-9-6-7-10-18(17)26-20(2,3)4;/h6-12,16H,13-15H2,1-5H3,(H2,21,22,23);1H. The summed E-state index contributed by atoms with van der Waals surface area (Å²) >= 11 is 0. The minimum Gasteiger partial charge on any atom is -0.488 e. The molecular formula is C20H32IN5O. The number of aliphatic imine (C=N–C) groups is 1. The van der Waals surface area contributed by atoms with E-state index in [9.17, 15) is 0 Å². The summed E-state index contributed by atoms with van der Waals surface area (Å²) in [6, 6.07) is 10.0. The fraction of sp³-hybridized carbons (Fsp3) is 0.500. The number of para-hydroxylation sites is 1. The topological polar surface area (TPSA) is 63.5 Å². The molecule has 1 atom stereocenters. The Morgan fingerprint density at radius 1 is 1.22 bits per heavy atom. The van der Waals surface area contributed by atoms with Crippen LogP contribution in [0.1, 0.15) is 33.3 Å². The summed E-state index contributed by atoms with van der Waals surface area (Å²) in [7, 11) is 1.78. The maximum Gasteiger partial charge on any atom is 0.191 e. The lowest BCUT2D eigenvalue weighted by atomic mass is 10.1. The Kier molecular flexibility index (Phi) is 9.62. The summed E-state index contributed by atoms with van der Waals surface area (Å²) in [4.78, 5) is 4.31. The molecule has 0 saturated carbocycles. The van der Waals surface area contributed by atoms with Gasteiger partial charge in [-0.25, -0.2) is 0 Å². The van der Waals surface area contributed by atoms with E-state index < -0.39 is 0 Å². The molecule has 0 bridgehead atoms. The van der Waals surface area contributed by atoms with Gasteiger partial charge in [0.15, 0.2) is 5.96 Å². The van der Waals surface area contributed by atoms with Crippen molar-refractivity contribution in [1.82, 2.24) is 20.4 Å². The van der Waals surface area contributed by atoms with E-state index in [1.807, 2.05) is 35.1 Å². The number of aromatic nitrogens is 2. The largest absolute Gasteiger partial charge is 0.488 e. The van der Waals surface area contributed by atoms with Crippen LogP contribution < -0.4 is 15.4 Å². The highest BCUT2D eigenvalue weighted by Crippen LogP contribution is 2.22. The molecule has 2 N–H and O–H groups in total. The number of nitrogens with one attached hydrogen (secondary N) is 2. The molecule has 2 aromatic rings. The summed E-state index contributed by atoms with van der Waals surface area (Å²) in [5.74, 6) is 2.11. The molecule has 1 unspecified atom stereocenters. The zero-order chi connectivity index (χ0) is 19.0. The Balaban J connectivity index is 0.00000364. The van der Waals surface area contributed by atoms with Gasteiger partial charge in [0.05, 0.1) is 0 Å². The molecular weight excluding hydrogens is 453 g/mol. The quantitative estimate of drug-likeness (QED) is 0.357. The van der Waals surface area contributed by atoms with Crippen LogP contribution in [-0.2, 0) is 13.1 Å². The highest BCUT2D eigenvalue weighted by atomic mass is 127. The van der Waals surface area contributed by atoms with Crippen LogP contribution in [0.4, 0.5) is 0 Å². The van der Waals surface area contributed by atoms with Gasteiger partial charge in [-0.3, -0.25) is 9.67 Å². The van der Waals surface area contributed by atoms with E-state index in [-0.39, 0.29) is 29.6 Å². The first-order valence-corrected chi connectivity index (χ1v) is 9.06. The molecule has 0 saturated heterocycles.